The molecule has 4 heteroatoms. The number of rotatable bonds is 1. The van der Waals surface area contributed by atoms with Gasteiger partial charge in [0.2, 0.25) is 5.90 Å². The molecule has 0 aliphatic carbocycles. The first-order valence-electron chi connectivity index (χ1n) is 6.10. The minimum atomic E-state index is -0.354. The van der Waals surface area contributed by atoms with Gasteiger partial charge in [0, 0.05) is 10.8 Å². The van der Waals surface area contributed by atoms with Crippen LogP contribution in [0.3, 0.4) is 0 Å². The molecule has 0 aromatic heterocycles. The van der Waals surface area contributed by atoms with Crippen LogP contribution in [0.25, 0.3) is 0 Å². The van der Waals surface area contributed by atoms with E-state index in [2.05, 4.69) is 11.9 Å². The van der Waals surface area contributed by atoms with Crippen molar-refractivity contribution in [3.63, 3.8) is 0 Å². The van der Waals surface area contributed by atoms with E-state index in [1.165, 1.54) is 4.91 Å². The Morgan fingerprint density at radius 3 is 2.63 bits per heavy atom. The lowest BCUT2D eigenvalue weighted by Crippen LogP contribution is -2.07. The van der Waals surface area contributed by atoms with Crippen molar-refractivity contribution in [1.82, 2.24) is 0 Å². The molecule has 1 aromatic carbocycles. The Labute approximate surface area is 116 Å². The Kier molecular flexibility index (Phi) is 3.03. The number of aliphatic imine (C=N–C) groups is 1. The second-order valence-corrected chi connectivity index (χ2v) is 6.08. The second-order valence-electron chi connectivity index (χ2n) is 4.49. The molecule has 0 saturated carbocycles. The standard InChI is InChI=1S/C15H13NO2S/c1-9-8-12(10(2)19-9)13-15(17)18-14(16-13)11-6-4-3-5-7-11/h3-8,10H,1-2H3. The van der Waals surface area contributed by atoms with Crippen molar-refractivity contribution in [1.29, 1.82) is 0 Å². The van der Waals surface area contributed by atoms with Crippen molar-refractivity contribution >= 4 is 23.6 Å². The first-order valence-corrected chi connectivity index (χ1v) is 6.98. The molecule has 2 heterocycles. The van der Waals surface area contributed by atoms with Crippen LogP contribution in [-0.4, -0.2) is 17.1 Å². The maximum Gasteiger partial charge on any atom is 0.364 e. The van der Waals surface area contributed by atoms with Crippen LogP contribution in [0.2, 0.25) is 0 Å². The number of nitrogens with zero attached hydrogens (tertiary/aromatic N) is 1. The summed E-state index contributed by atoms with van der Waals surface area (Å²) in [5.74, 6) is 0.0375. The molecule has 96 valence electrons. The zero-order valence-corrected chi connectivity index (χ0v) is 11.5. The van der Waals surface area contributed by atoms with E-state index in [1.54, 1.807) is 11.8 Å². The zero-order valence-electron chi connectivity index (χ0n) is 10.7. The van der Waals surface area contributed by atoms with E-state index in [0.29, 0.717) is 11.6 Å². The van der Waals surface area contributed by atoms with Crippen LogP contribution in [0.5, 0.6) is 0 Å². The topological polar surface area (TPSA) is 38.7 Å². The third kappa shape index (κ3) is 2.24. The number of carbonyl (C=O) groups excluding carboxylic acids is 1. The van der Waals surface area contributed by atoms with Gasteiger partial charge in [-0.2, -0.15) is 0 Å². The van der Waals surface area contributed by atoms with Crippen LogP contribution >= 0.6 is 11.8 Å². The molecule has 0 amide bonds. The highest BCUT2D eigenvalue weighted by molar-refractivity contribution is 8.04. The van der Waals surface area contributed by atoms with E-state index in [0.717, 1.165) is 11.1 Å². The fourth-order valence-corrected chi connectivity index (χ4v) is 3.23. The normalized spacial score (nSPS) is 26.2. The molecule has 19 heavy (non-hydrogen) atoms. The quantitative estimate of drug-likeness (QED) is 0.581. The second kappa shape index (κ2) is 4.70. The van der Waals surface area contributed by atoms with Gasteiger partial charge < -0.3 is 4.74 Å². The van der Waals surface area contributed by atoms with E-state index in [9.17, 15) is 4.79 Å². The van der Waals surface area contributed by atoms with Crippen LogP contribution in [0.15, 0.2) is 57.6 Å². The summed E-state index contributed by atoms with van der Waals surface area (Å²) >= 11 is 1.74. The Morgan fingerprint density at radius 1 is 1.26 bits per heavy atom. The SMILES string of the molecule is CC1=CC(=C2N=C(c3ccccc3)OC2=O)C(C)S1. The van der Waals surface area contributed by atoms with Gasteiger partial charge in [0.25, 0.3) is 0 Å². The maximum absolute atomic E-state index is 12.0. The van der Waals surface area contributed by atoms with Crippen molar-refractivity contribution in [2.45, 2.75) is 19.1 Å². The Bertz CT molecular complexity index is 629. The van der Waals surface area contributed by atoms with Gasteiger partial charge in [-0.05, 0) is 42.5 Å². The van der Waals surface area contributed by atoms with Crippen LogP contribution in [0.1, 0.15) is 19.4 Å². The molecule has 0 bridgehead atoms. The molecule has 0 spiro atoms. The number of carbonyl (C=O) groups is 1. The van der Waals surface area contributed by atoms with E-state index in [-0.39, 0.29) is 11.2 Å². The molecule has 3 rings (SSSR count). The van der Waals surface area contributed by atoms with Crippen LogP contribution in [0, 0.1) is 0 Å². The number of benzene rings is 1. The predicted octanol–water partition coefficient (Wildman–Crippen LogP) is 3.28. The number of thioether (sulfide) groups is 1. The summed E-state index contributed by atoms with van der Waals surface area (Å²) in [7, 11) is 0. The van der Waals surface area contributed by atoms with Crippen LogP contribution < -0.4 is 0 Å². The number of allylic oxidation sites excluding steroid dienone is 2. The number of esters is 1. The number of ether oxygens (including phenoxy) is 1. The fraction of sp³-hybridized carbons (Fsp3) is 0.200. The monoisotopic (exact) mass is 271 g/mol. The van der Waals surface area contributed by atoms with Crippen molar-refractivity contribution in [2.75, 3.05) is 0 Å². The molecule has 2 aliphatic heterocycles. The van der Waals surface area contributed by atoms with Gasteiger partial charge in [0.05, 0.1) is 0 Å². The summed E-state index contributed by atoms with van der Waals surface area (Å²) in [4.78, 5) is 17.5. The summed E-state index contributed by atoms with van der Waals surface area (Å²) in [6.45, 7) is 4.11. The summed E-state index contributed by atoms with van der Waals surface area (Å²) in [5, 5.41) is 0.251. The molecule has 0 N–H and O–H groups in total. The van der Waals surface area contributed by atoms with Crippen LogP contribution in [-0.2, 0) is 9.53 Å². The minimum absolute atomic E-state index is 0.251. The molecular formula is C15H13NO2S. The highest BCUT2D eigenvalue weighted by Gasteiger charge is 2.30. The average molecular weight is 271 g/mol. The van der Waals surface area contributed by atoms with Gasteiger partial charge >= 0.3 is 5.97 Å². The van der Waals surface area contributed by atoms with E-state index < -0.39 is 0 Å². The van der Waals surface area contributed by atoms with Gasteiger partial charge in [-0.15, -0.1) is 11.8 Å². The third-order valence-corrected chi connectivity index (χ3v) is 4.15. The van der Waals surface area contributed by atoms with Gasteiger partial charge in [0.1, 0.15) is 0 Å². The first-order chi connectivity index (χ1) is 9.15. The van der Waals surface area contributed by atoms with Crippen molar-refractivity contribution in [2.24, 2.45) is 4.99 Å². The molecule has 3 nitrogen and oxygen atoms in total. The summed E-state index contributed by atoms with van der Waals surface area (Å²) in [6, 6.07) is 9.48. The van der Waals surface area contributed by atoms with Crippen molar-refractivity contribution in [3.8, 4) is 0 Å². The van der Waals surface area contributed by atoms with E-state index >= 15 is 0 Å². The lowest BCUT2D eigenvalue weighted by atomic mass is 10.1. The molecule has 2 aliphatic rings. The molecule has 0 saturated heterocycles. The predicted molar refractivity (Wildman–Crippen MR) is 76.9 cm³/mol. The number of hydrogen-bond donors (Lipinski definition) is 0. The highest BCUT2D eigenvalue weighted by atomic mass is 32.2. The highest BCUT2D eigenvalue weighted by Crippen LogP contribution is 2.38. The Morgan fingerprint density at radius 2 is 2.00 bits per heavy atom. The minimum Gasteiger partial charge on any atom is -0.402 e. The molecule has 0 fully saturated rings. The van der Waals surface area contributed by atoms with Crippen molar-refractivity contribution < 1.29 is 9.53 Å². The lowest BCUT2D eigenvalue weighted by Gasteiger charge is -2.03. The lowest BCUT2D eigenvalue weighted by molar-refractivity contribution is -0.130. The third-order valence-electron chi connectivity index (χ3n) is 3.05. The molecule has 0 radical (unpaired) electrons. The van der Waals surface area contributed by atoms with Gasteiger partial charge in [-0.25, -0.2) is 9.79 Å². The van der Waals surface area contributed by atoms with Crippen LogP contribution in [0.4, 0.5) is 0 Å². The summed E-state index contributed by atoms with van der Waals surface area (Å²) in [6.07, 6.45) is 2.02. The number of hydrogen-bond acceptors (Lipinski definition) is 4. The van der Waals surface area contributed by atoms with Gasteiger partial charge in [0.15, 0.2) is 5.70 Å². The van der Waals surface area contributed by atoms with Crippen molar-refractivity contribution in [3.05, 3.63) is 58.1 Å². The van der Waals surface area contributed by atoms with Gasteiger partial charge in [-0.1, -0.05) is 18.2 Å². The average Bonchev–Trinajstić information content (AvgIpc) is 2.93. The summed E-state index contributed by atoms with van der Waals surface area (Å²) < 4.78 is 5.27. The van der Waals surface area contributed by atoms with Gasteiger partial charge in [-0.3, -0.25) is 0 Å². The molecule has 1 aromatic rings. The Balaban J connectivity index is 2.03. The van der Waals surface area contributed by atoms with E-state index in [4.69, 9.17) is 4.74 Å². The van der Waals surface area contributed by atoms with E-state index in [1.807, 2.05) is 43.3 Å². The largest absolute Gasteiger partial charge is 0.402 e. The molecule has 1 atom stereocenters. The molecule has 1 unspecified atom stereocenters. The first kappa shape index (κ1) is 12.2. The fourth-order valence-electron chi connectivity index (χ4n) is 2.17. The summed E-state index contributed by atoms with van der Waals surface area (Å²) in [5.41, 5.74) is 2.22. The number of cyclic esters (lactones) is 1. The maximum atomic E-state index is 12.0. The Hall–Kier alpha value is -1.81. The molecular weight excluding hydrogens is 258 g/mol. The zero-order chi connectivity index (χ0) is 13.4. The smallest absolute Gasteiger partial charge is 0.364 e.